The monoisotopic (exact) mass is 334 g/mol. The second-order valence-electron chi connectivity index (χ2n) is 6.54. The first-order valence-electron chi connectivity index (χ1n) is 7.91. The molecular weight excluding hydrogens is 311 g/mol. The molecule has 0 fully saturated rings. The van der Waals surface area contributed by atoms with Gasteiger partial charge in [0.15, 0.2) is 0 Å². The molecule has 0 unspecified atom stereocenters. The highest BCUT2D eigenvalue weighted by Gasteiger charge is 2.19. The highest BCUT2D eigenvalue weighted by Crippen LogP contribution is 2.14. The Morgan fingerprint density at radius 1 is 1.33 bits per heavy atom. The van der Waals surface area contributed by atoms with E-state index in [0.717, 1.165) is 12.6 Å². The normalized spacial score (nSPS) is 12.7. The summed E-state index contributed by atoms with van der Waals surface area (Å²) in [7, 11) is 0. The Hall–Kier alpha value is -2.44. The molecule has 6 nitrogen and oxygen atoms in total. The van der Waals surface area contributed by atoms with Crippen molar-refractivity contribution >= 4 is 6.09 Å². The van der Waals surface area contributed by atoms with Crippen molar-refractivity contribution in [3.8, 4) is 11.4 Å². The summed E-state index contributed by atoms with van der Waals surface area (Å²) in [6.45, 7) is 7.96. The Bertz CT molecular complexity index is 677. The first-order chi connectivity index (χ1) is 11.3. The van der Waals surface area contributed by atoms with E-state index in [1.807, 2.05) is 27.7 Å². The number of nitrogens with one attached hydrogen (secondary N) is 1. The number of alkyl carbamates (subject to hydrolysis) is 1. The Balaban J connectivity index is 1.99. The summed E-state index contributed by atoms with van der Waals surface area (Å²) < 4.78 is 19.9. The number of rotatable bonds is 5. The summed E-state index contributed by atoms with van der Waals surface area (Å²) in [5.74, 6) is -0.384. The number of nitrogens with zero attached hydrogens (tertiary/aromatic N) is 3. The fourth-order valence-electron chi connectivity index (χ4n) is 2.10. The molecule has 0 radical (unpaired) electrons. The first-order valence-corrected chi connectivity index (χ1v) is 7.91. The summed E-state index contributed by atoms with van der Waals surface area (Å²) in [6.07, 6.45) is 3.26. The molecule has 0 aliphatic carbocycles. The van der Waals surface area contributed by atoms with Crippen LogP contribution in [0.4, 0.5) is 9.18 Å². The molecule has 2 heterocycles. The fourth-order valence-corrected chi connectivity index (χ4v) is 2.10. The van der Waals surface area contributed by atoms with Crippen LogP contribution in [0, 0.1) is 5.82 Å². The molecule has 0 saturated heterocycles. The van der Waals surface area contributed by atoms with Gasteiger partial charge in [-0.05, 0) is 45.4 Å². The van der Waals surface area contributed by atoms with Gasteiger partial charge in [0, 0.05) is 6.20 Å². The largest absolute Gasteiger partial charge is 0.444 e. The minimum absolute atomic E-state index is 0.103. The average molecular weight is 334 g/mol. The van der Waals surface area contributed by atoms with Crippen LogP contribution in [0.15, 0.2) is 30.6 Å². The zero-order valence-electron chi connectivity index (χ0n) is 14.4. The van der Waals surface area contributed by atoms with Crippen LogP contribution in [0.3, 0.4) is 0 Å². The molecule has 2 aromatic heterocycles. The number of aromatic nitrogens is 3. The minimum Gasteiger partial charge on any atom is -0.444 e. The summed E-state index contributed by atoms with van der Waals surface area (Å²) in [5, 5.41) is 7.26. The Morgan fingerprint density at radius 3 is 2.67 bits per heavy atom. The highest BCUT2D eigenvalue weighted by atomic mass is 19.1. The molecule has 0 spiro atoms. The molecule has 0 saturated carbocycles. The van der Waals surface area contributed by atoms with Gasteiger partial charge in [-0.15, -0.1) is 0 Å². The van der Waals surface area contributed by atoms with Crippen LogP contribution < -0.4 is 5.32 Å². The fraction of sp³-hybridized carbons (Fsp3) is 0.471. The maximum atomic E-state index is 12.9. The van der Waals surface area contributed by atoms with E-state index in [9.17, 15) is 9.18 Å². The van der Waals surface area contributed by atoms with Gasteiger partial charge in [-0.1, -0.05) is 6.92 Å². The van der Waals surface area contributed by atoms with Crippen molar-refractivity contribution in [1.29, 1.82) is 0 Å². The number of ether oxygens (including phenoxy) is 1. The zero-order valence-corrected chi connectivity index (χ0v) is 14.4. The molecular formula is C17H23FN4O2. The Labute approximate surface area is 141 Å². The summed E-state index contributed by atoms with van der Waals surface area (Å²) in [5.41, 5.74) is 0.723. The van der Waals surface area contributed by atoms with Crippen LogP contribution in [0.1, 0.15) is 34.1 Å². The van der Waals surface area contributed by atoms with E-state index in [4.69, 9.17) is 4.74 Å². The minimum atomic E-state index is -0.532. The number of hydrogen-bond acceptors (Lipinski definition) is 4. The first kappa shape index (κ1) is 17.9. The highest BCUT2D eigenvalue weighted by molar-refractivity contribution is 5.68. The number of pyridine rings is 1. The lowest BCUT2D eigenvalue weighted by atomic mass is 10.2. The maximum absolute atomic E-state index is 12.9. The standard InChI is InChI=1S/C17H23FN4O2/c1-5-13(20-16(23)24-17(2,3)4)11-22-9-8-15(21-22)14-7-6-12(18)10-19-14/h6-10,13H,5,11H2,1-4H3,(H,20,23)/t13-/m0/s1. The summed E-state index contributed by atoms with van der Waals surface area (Å²) >= 11 is 0. The zero-order chi connectivity index (χ0) is 17.7. The molecule has 0 bridgehead atoms. The molecule has 24 heavy (non-hydrogen) atoms. The van der Waals surface area contributed by atoms with Crippen LogP contribution in [-0.4, -0.2) is 32.5 Å². The molecule has 1 N–H and O–H groups in total. The molecule has 0 aromatic carbocycles. The van der Waals surface area contributed by atoms with Crippen molar-refractivity contribution in [1.82, 2.24) is 20.1 Å². The van der Waals surface area contributed by atoms with E-state index >= 15 is 0 Å². The number of carbonyl (C=O) groups is 1. The van der Waals surface area contributed by atoms with E-state index in [0.29, 0.717) is 17.9 Å². The number of amides is 1. The van der Waals surface area contributed by atoms with Gasteiger partial charge in [-0.3, -0.25) is 9.67 Å². The van der Waals surface area contributed by atoms with Crippen LogP contribution in [0.25, 0.3) is 11.4 Å². The van der Waals surface area contributed by atoms with Gasteiger partial charge in [0.05, 0.1) is 24.5 Å². The van der Waals surface area contributed by atoms with Crippen LogP contribution in [-0.2, 0) is 11.3 Å². The van der Waals surface area contributed by atoms with E-state index < -0.39 is 11.7 Å². The Kier molecular flexibility index (Phi) is 5.54. The van der Waals surface area contributed by atoms with Crippen molar-refractivity contribution in [2.75, 3.05) is 0 Å². The lowest BCUT2D eigenvalue weighted by Gasteiger charge is -2.23. The van der Waals surface area contributed by atoms with Crippen molar-refractivity contribution < 1.29 is 13.9 Å². The number of halogens is 1. The van der Waals surface area contributed by atoms with Gasteiger partial charge in [0.1, 0.15) is 17.1 Å². The van der Waals surface area contributed by atoms with Gasteiger partial charge in [0.2, 0.25) is 0 Å². The second-order valence-corrected chi connectivity index (χ2v) is 6.54. The number of hydrogen-bond donors (Lipinski definition) is 1. The van der Waals surface area contributed by atoms with E-state index in [1.54, 1.807) is 23.0 Å². The van der Waals surface area contributed by atoms with E-state index in [2.05, 4.69) is 15.4 Å². The lowest BCUT2D eigenvalue weighted by Crippen LogP contribution is -2.41. The van der Waals surface area contributed by atoms with Gasteiger partial charge in [-0.25, -0.2) is 9.18 Å². The molecule has 7 heteroatoms. The predicted molar refractivity (Wildman–Crippen MR) is 88.9 cm³/mol. The molecule has 0 aliphatic rings. The van der Waals surface area contributed by atoms with Crippen molar-refractivity contribution in [2.45, 2.75) is 52.3 Å². The summed E-state index contributed by atoms with van der Waals surface area (Å²) in [4.78, 5) is 15.9. The third-order valence-electron chi connectivity index (χ3n) is 3.25. The van der Waals surface area contributed by atoms with E-state index in [-0.39, 0.29) is 11.9 Å². The lowest BCUT2D eigenvalue weighted by molar-refractivity contribution is 0.0497. The SMILES string of the molecule is CC[C@@H](Cn1ccc(-c2ccc(F)cn2)n1)NC(=O)OC(C)(C)C. The van der Waals surface area contributed by atoms with Crippen molar-refractivity contribution in [2.24, 2.45) is 0 Å². The molecule has 1 amide bonds. The van der Waals surface area contributed by atoms with Crippen LogP contribution in [0.2, 0.25) is 0 Å². The van der Waals surface area contributed by atoms with Crippen LogP contribution in [0.5, 0.6) is 0 Å². The quantitative estimate of drug-likeness (QED) is 0.910. The predicted octanol–water partition coefficient (Wildman–Crippen LogP) is 3.39. The topological polar surface area (TPSA) is 69.0 Å². The van der Waals surface area contributed by atoms with E-state index in [1.165, 1.54) is 6.07 Å². The van der Waals surface area contributed by atoms with Gasteiger partial charge < -0.3 is 10.1 Å². The third-order valence-corrected chi connectivity index (χ3v) is 3.25. The van der Waals surface area contributed by atoms with Crippen LogP contribution >= 0.6 is 0 Å². The summed E-state index contributed by atoms with van der Waals surface area (Å²) in [6, 6.07) is 4.63. The van der Waals surface area contributed by atoms with Crippen molar-refractivity contribution in [3.05, 3.63) is 36.4 Å². The molecule has 2 rings (SSSR count). The smallest absolute Gasteiger partial charge is 0.407 e. The molecule has 130 valence electrons. The van der Waals surface area contributed by atoms with Crippen molar-refractivity contribution in [3.63, 3.8) is 0 Å². The molecule has 1 atom stereocenters. The molecule has 2 aromatic rings. The second kappa shape index (κ2) is 7.42. The average Bonchev–Trinajstić information content (AvgIpc) is 2.94. The van der Waals surface area contributed by atoms with Gasteiger partial charge in [-0.2, -0.15) is 5.10 Å². The third kappa shape index (κ3) is 5.33. The Morgan fingerprint density at radius 2 is 2.08 bits per heavy atom. The van der Waals surface area contributed by atoms with Gasteiger partial charge in [0.25, 0.3) is 0 Å². The van der Waals surface area contributed by atoms with Gasteiger partial charge >= 0.3 is 6.09 Å². The maximum Gasteiger partial charge on any atom is 0.407 e. The number of carbonyl (C=O) groups excluding carboxylic acids is 1. The molecule has 0 aliphatic heterocycles.